The van der Waals surface area contributed by atoms with Crippen molar-refractivity contribution in [1.82, 2.24) is 9.97 Å². The first-order valence-corrected chi connectivity index (χ1v) is 9.94. The first-order valence-electron chi connectivity index (χ1n) is 9.94. The van der Waals surface area contributed by atoms with Gasteiger partial charge in [0.1, 0.15) is 12.1 Å². The molecule has 1 heterocycles. The van der Waals surface area contributed by atoms with Crippen LogP contribution < -0.4 is 11.1 Å². The summed E-state index contributed by atoms with van der Waals surface area (Å²) in [6.45, 7) is 0.462. The van der Waals surface area contributed by atoms with Crippen molar-refractivity contribution in [2.75, 3.05) is 5.32 Å². The average Bonchev–Trinajstić information content (AvgIpc) is 2.82. The fraction of sp³-hybridized carbons (Fsp3) is 0.0800. The summed E-state index contributed by atoms with van der Waals surface area (Å²) in [6, 6.07) is 21.7. The molecule has 0 aliphatic carbocycles. The van der Waals surface area contributed by atoms with Crippen molar-refractivity contribution in [2.45, 2.75) is 13.0 Å². The SMILES string of the molecule is N#Cc1ccccc1C(=O)Cc1cccc(CNc2ncnc3c(C(N)=O)cccc23)c1. The molecule has 0 atom stereocenters. The zero-order valence-corrected chi connectivity index (χ0v) is 17.1. The molecule has 156 valence electrons. The number of carbonyl (C=O) groups excluding carboxylic acids is 2. The molecule has 4 aromatic rings. The van der Waals surface area contributed by atoms with Gasteiger partial charge in [0.15, 0.2) is 5.78 Å². The first kappa shape index (κ1) is 20.7. The molecule has 0 bridgehead atoms. The normalized spacial score (nSPS) is 10.5. The van der Waals surface area contributed by atoms with Gasteiger partial charge in [0.05, 0.1) is 22.7 Å². The van der Waals surface area contributed by atoms with E-state index in [1.54, 1.807) is 36.4 Å². The number of nitrogens with two attached hydrogens (primary N) is 1. The third-order valence-corrected chi connectivity index (χ3v) is 5.09. The molecule has 7 nitrogen and oxygen atoms in total. The van der Waals surface area contributed by atoms with E-state index in [1.165, 1.54) is 6.33 Å². The Morgan fingerprint density at radius 2 is 1.69 bits per heavy atom. The molecular formula is C25H19N5O2. The molecule has 0 aliphatic heterocycles. The number of nitrogens with zero attached hydrogens (tertiary/aromatic N) is 3. The summed E-state index contributed by atoms with van der Waals surface area (Å²) in [5, 5.41) is 13.2. The smallest absolute Gasteiger partial charge is 0.250 e. The van der Waals surface area contributed by atoms with Gasteiger partial charge < -0.3 is 11.1 Å². The van der Waals surface area contributed by atoms with Gasteiger partial charge in [-0.2, -0.15) is 5.26 Å². The largest absolute Gasteiger partial charge is 0.366 e. The minimum atomic E-state index is -0.546. The van der Waals surface area contributed by atoms with Gasteiger partial charge in [-0.15, -0.1) is 0 Å². The highest BCUT2D eigenvalue weighted by atomic mass is 16.1. The van der Waals surface area contributed by atoms with Crippen LogP contribution in [0.5, 0.6) is 0 Å². The van der Waals surface area contributed by atoms with Crippen LogP contribution in [0.25, 0.3) is 10.9 Å². The van der Waals surface area contributed by atoms with Gasteiger partial charge in [-0.3, -0.25) is 9.59 Å². The van der Waals surface area contributed by atoms with E-state index in [2.05, 4.69) is 21.4 Å². The molecule has 0 fully saturated rings. The number of amides is 1. The Hall–Kier alpha value is -4.57. The van der Waals surface area contributed by atoms with Gasteiger partial charge in [0, 0.05) is 23.9 Å². The number of fused-ring (bicyclic) bond motifs is 1. The van der Waals surface area contributed by atoms with Gasteiger partial charge in [-0.05, 0) is 29.3 Å². The maximum Gasteiger partial charge on any atom is 0.250 e. The molecular weight excluding hydrogens is 402 g/mol. The predicted molar refractivity (Wildman–Crippen MR) is 121 cm³/mol. The lowest BCUT2D eigenvalue weighted by Crippen LogP contribution is -2.12. The summed E-state index contributed by atoms with van der Waals surface area (Å²) in [6.07, 6.45) is 1.59. The molecule has 1 aromatic heterocycles. The Bertz CT molecular complexity index is 1370. The van der Waals surface area contributed by atoms with Crippen LogP contribution in [0.2, 0.25) is 0 Å². The van der Waals surface area contributed by atoms with E-state index in [9.17, 15) is 14.9 Å². The highest BCUT2D eigenvalue weighted by Crippen LogP contribution is 2.23. The molecule has 3 N–H and O–H groups in total. The minimum Gasteiger partial charge on any atom is -0.366 e. The fourth-order valence-corrected chi connectivity index (χ4v) is 3.57. The quantitative estimate of drug-likeness (QED) is 0.439. The standard InChI is InChI=1S/C25H19N5O2/c26-13-18-7-1-2-8-19(18)22(31)12-16-5-3-6-17(11-16)14-28-25-21-10-4-9-20(24(27)32)23(21)29-15-30-25/h1-11,15H,12,14H2,(H2,27,32)(H,28,29,30). The number of hydrogen-bond acceptors (Lipinski definition) is 6. The summed E-state index contributed by atoms with van der Waals surface area (Å²) in [4.78, 5) is 32.9. The van der Waals surface area contributed by atoms with Gasteiger partial charge >= 0.3 is 0 Å². The summed E-state index contributed by atoms with van der Waals surface area (Å²) >= 11 is 0. The van der Waals surface area contributed by atoms with Crippen molar-refractivity contribution < 1.29 is 9.59 Å². The van der Waals surface area contributed by atoms with Crippen LogP contribution >= 0.6 is 0 Å². The van der Waals surface area contributed by atoms with Gasteiger partial charge in [0.2, 0.25) is 0 Å². The van der Waals surface area contributed by atoms with Crippen molar-refractivity contribution in [1.29, 1.82) is 5.26 Å². The summed E-state index contributed by atoms with van der Waals surface area (Å²) in [7, 11) is 0. The number of para-hydroxylation sites is 1. The lowest BCUT2D eigenvalue weighted by Gasteiger charge is -2.11. The van der Waals surface area contributed by atoms with Crippen LogP contribution in [-0.4, -0.2) is 21.7 Å². The van der Waals surface area contributed by atoms with Crippen LogP contribution in [0.4, 0.5) is 5.82 Å². The van der Waals surface area contributed by atoms with Crippen molar-refractivity contribution in [3.05, 3.63) is 101 Å². The Morgan fingerprint density at radius 1 is 0.938 bits per heavy atom. The Balaban J connectivity index is 1.52. The molecule has 0 unspecified atom stereocenters. The zero-order chi connectivity index (χ0) is 22.5. The molecule has 0 saturated carbocycles. The Kier molecular flexibility index (Phi) is 5.86. The number of nitrogens with one attached hydrogen (secondary N) is 1. The second-order valence-electron chi connectivity index (χ2n) is 7.22. The van der Waals surface area contributed by atoms with Gasteiger partial charge in [-0.1, -0.05) is 48.5 Å². The van der Waals surface area contributed by atoms with Crippen LogP contribution in [0.15, 0.2) is 73.1 Å². The number of anilines is 1. The fourth-order valence-electron chi connectivity index (χ4n) is 3.57. The Morgan fingerprint density at radius 3 is 2.50 bits per heavy atom. The molecule has 32 heavy (non-hydrogen) atoms. The predicted octanol–water partition coefficient (Wildman–Crippen LogP) is 3.64. The maximum atomic E-state index is 12.7. The number of hydrogen-bond donors (Lipinski definition) is 2. The number of carbonyl (C=O) groups is 2. The highest BCUT2D eigenvalue weighted by Gasteiger charge is 2.13. The molecule has 0 saturated heterocycles. The Labute approximate surface area is 184 Å². The van der Waals surface area contributed by atoms with Crippen LogP contribution in [0, 0.1) is 11.3 Å². The molecule has 4 rings (SSSR count). The molecule has 3 aromatic carbocycles. The van der Waals surface area contributed by atoms with E-state index in [0.29, 0.717) is 40.0 Å². The third-order valence-electron chi connectivity index (χ3n) is 5.09. The molecule has 0 spiro atoms. The molecule has 0 aliphatic rings. The number of rotatable bonds is 7. The maximum absolute atomic E-state index is 12.7. The van der Waals surface area contributed by atoms with Crippen molar-refractivity contribution in [2.24, 2.45) is 5.73 Å². The van der Waals surface area contributed by atoms with E-state index in [1.807, 2.05) is 30.3 Å². The minimum absolute atomic E-state index is 0.104. The lowest BCUT2D eigenvalue weighted by molar-refractivity contribution is 0.0987. The van der Waals surface area contributed by atoms with E-state index in [0.717, 1.165) is 11.1 Å². The molecule has 0 radical (unpaired) electrons. The number of benzene rings is 3. The third kappa shape index (κ3) is 4.30. The van der Waals surface area contributed by atoms with Crippen molar-refractivity contribution >= 4 is 28.4 Å². The van der Waals surface area contributed by atoms with Gasteiger partial charge in [0.25, 0.3) is 5.91 Å². The summed E-state index contributed by atoms with van der Waals surface area (Å²) < 4.78 is 0. The van der Waals surface area contributed by atoms with Crippen LogP contribution in [-0.2, 0) is 13.0 Å². The highest BCUT2D eigenvalue weighted by molar-refractivity contribution is 6.06. The van der Waals surface area contributed by atoms with E-state index < -0.39 is 5.91 Å². The molecule has 1 amide bonds. The topological polar surface area (TPSA) is 122 Å². The second-order valence-corrected chi connectivity index (χ2v) is 7.22. The number of Topliss-reactive ketones (excluding diaryl/α,β-unsaturated/α-hetero) is 1. The number of aromatic nitrogens is 2. The van der Waals surface area contributed by atoms with Gasteiger partial charge in [-0.25, -0.2) is 9.97 Å². The monoisotopic (exact) mass is 421 g/mol. The van der Waals surface area contributed by atoms with E-state index >= 15 is 0 Å². The van der Waals surface area contributed by atoms with Crippen LogP contribution in [0.3, 0.4) is 0 Å². The average molecular weight is 421 g/mol. The number of nitriles is 1. The number of ketones is 1. The second kappa shape index (κ2) is 9.06. The van der Waals surface area contributed by atoms with Crippen LogP contribution in [0.1, 0.15) is 37.4 Å². The number of primary amides is 1. The van der Waals surface area contributed by atoms with E-state index in [-0.39, 0.29) is 12.2 Å². The molecule has 7 heteroatoms. The van der Waals surface area contributed by atoms with E-state index in [4.69, 9.17) is 5.73 Å². The van der Waals surface area contributed by atoms with Crippen molar-refractivity contribution in [3.63, 3.8) is 0 Å². The summed E-state index contributed by atoms with van der Waals surface area (Å²) in [5.74, 6) is -0.0637. The first-order chi connectivity index (χ1) is 15.6. The lowest BCUT2D eigenvalue weighted by atomic mass is 9.98. The zero-order valence-electron chi connectivity index (χ0n) is 17.1. The summed E-state index contributed by atoms with van der Waals surface area (Å²) in [5.41, 5.74) is 8.89. The van der Waals surface area contributed by atoms with Crippen molar-refractivity contribution in [3.8, 4) is 6.07 Å².